The van der Waals surface area contributed by atoms with Gasteiger partial charge >= 0.3 is 5.97 Å². The van der Waals surface area contributed by atoms with E-state index in [1.807, 2.05) is 12.2 Å². The molecule has 0 aromatic carbocycles. The van der Waals surface area contributed by atoms with E-state index < -0.39 is 5.97 Å². The average Bonchev–Trinajstić information content (AvgIpc) is 2.71. The third kappa shape index (κ3) is 2.73. The van der Waals surface area contributed by atoms with Crippen molar-refractivity contribution in [3.63, 3.8) is 0 Å². The molecule has 0 spiro atoms. The largest absolute Gasteiger partial charge is 0.478 e. The fraction of sp³-hybridized carbons (Fsp3) is 0.417. The van der Waals surface area contributed by atoms with Gasteiger partial charge in [0.05, 0.1) is 0 Å². The van der Waals surface area contributed by atoms with Crippen LogP contribution in [0.1, 0.15) is 12.8 Å². The monoisotopic (exact) mass is 222 g/mol. The maximum Gasteiger partial charge on any atom is 0.328 e. The normalized spacial score (nSPS) is 29.1. The topological polar surface area (TPSA) is 55.8 Å². The first-order valence-electron chi connectivity index (χ1n) is 5.29. The lowest BCUT2D eigenvalue weighted by molar-refractivity contribution is -0.131. The molecule has 4 heteroatoms. The summed E-state index contributed by atoms with van der Waals surface area (Å²) in [4.78, 5) is 10.2. The first-order valence-corrected chi connectivity index (χ1v) is 5.29. The number of carbonyl (C=O) groups is 1. The van der Waals surface area contributed by atoms with Crippen molar-refractivity contribution >= 4 is 5.97 Å². The Hall–Kier alpha value is -1.55. The zero-order valence-corrected chi connectivity index (χ0v) is 8.83. The van der Waals surface area contributed by atoms with Gasteiger partial charge in [-0.2, -0.15) is 0 Å². The van der Waals surface area contributed by atoms with E-state index in [0.717, 1.165) is 24.7 Å². The highest BCUT2D eigenvalue weighted by Gasteiger charge is 2.28. The Labute approximate surface area is 93.9 Å². The molecule has 0 unspecified atom stereocenters. The lowest BCUT2D eigenvalue weighted by Crippen LogP contribution is -2.15. The molecule has 16 heavy (non-hydrogen) atoms. The van der Waals surface area contributed by atoms with E-state index in [0.29, 0.717) is 12.7 Å². The molecule has 2 aliphatic rings. The summed E-state index contributed by atoms with van der Waals surface area (Å²) in [5.74, 6) is 0.300. The number of carboxylic acids is 1. The van der Waals surface area contributed by atoms with E-state index in [2.05, 4.69) is 0 Å². The Morgan fingerprint density at radius 1 is 1.44 bits per heavy atom. The summed E-state index contributed by atoms with van der Waals surface area (Å²) in [7, 11) is 0. The van der Waals surface area contributed by atoms with Crippen molar-refractivity contribution in [1.29, 1.82) is 0 Å². The Bertz CT molecular complexity index is 354. The van der Waals surface area contributed by atoms with Crippen molar-refractivity contribution in [3.05, 3.63) is 36.1 Å². The number of ether oxygens (including phenoxy) is 2. The van der Waals surface area contributed by atoms with Crippen LogP contribution in [0, 0.1) is 5.92 Å². The standard InChI is InChI=1S/C12H14O4/c13-12(14)4-2-1-3-9-5-6-10-11(7-9)16-8-15-10/h1-4,7,9-10H,5-6,8H2,(H,13,14)/b3-1+,4-2+/t9-,10+/m1/s1. The predicted octanol–water partition coefficient (Wildman–Crippen LogP) is 1.85. The molecule has 0 saturated carbocycles. The quantitative estimate of drug-likeness (QED) is 0.585. The second kappa shape index (κ2) is 4.99. The van der Waals surface area contributed by atoms with Crippen LogP contribution < -0.4 is 0 Å². The minimum absolute atomic E-state index is 0.138. The molecule has 1 saturated heterocycles. The molecule has 0 bridgehead atoms. The fourth-order valence-corrected chi connectivity index (χ4v) is 1.87. The second-order valence-electron chi connectivity index (χ2n) is 3.81. The number of allylic oxidation sites excluding steroid dienone is 4. The summed E-state index contributed by atoms with van der Waals surface area (Å²) >= 11 is 0. The summed E-state index contributed by atoms with van der Waals surface area (Å²) in [5, 5.41) is 8.40. The molecule has 0 aromatic rings. The van der Waals surface area contributed by atoms with Crippen LogP contribution in [0.3, 0.4) is 0 Å². The zero-order chi connectivity index (χ0) is 11.4. The molecule has 2 rings (SSSR count). The minimum atomic E-state index is -0.931. The molecule has 1 N–H and O–H groups in total. The molecule has 2 atom stereocenters. The molecule has 0 aromatic heterocycles. The predicted molar refractivity (Wildman–Crippen MR) is 57.5 cm³/mol. The van der Waals surface area contributed by atoms with Gasteiger partial charge in [-0.25, -0.2) is 4.79 Å². The number of hydrogen-bond acceptors (Lipinski definition) is 3. The Morgan fingerprint density at radius 3 is 3.12 bits per heavy atom. The molecule has 4 nitrogen and oxygen atoms in total. The smallest absolute Gasteiger partial charge is 0.328 e. The first-order chi connectivity index (χ1) is 7.75. The summed E-state index contributed by atoms with van der Waals surface area (Å²) in [6, 6.07) is 0. The van der Waals surface area contributed by atoms with Crippen LogP contribution in [0.5, 0.6) is 0 Å². The SMILES string of the molecule is O=C(O)/C=C/C=C/[C@H]1C=C2OCO[C@H]2CC1. The third-order valence-corrected chi connectivity index (χ3v) is 2.66. The van der Waals surface area contributed by atoms with E-state index in [-0.39, 0.29) is 6.10 Å². The van der Waals surface area contributed by atoms with Crippen molar-refractivity contribution < 1.29 is 19.4 Å². The van der Waals surface area contributed by atoms with Gasteiger partial charge in [-0.3, -0.25) is 0 Å². The molecule has 0 radical (unpaired) electrons. The third-order valence-electron chi connectivity index (χ3n) is 2.66. The van der Waals surface area contributed by atoms with Crippen LogP contribution >= 0.6 is 0 Å². The minimum Gasteiger partial charge on any atom is -0.478 e. The van der Waals surface area contributed by atoms with Gasteiger partial charge < -0.3 is 14.6 Å². The van der Waals surface area contributed by atoms with Crippen molar-refractivity contribution in [1.82, 2.24) is 0 Å². The van der Waals surface area contributed by atoms with Crippen LogP contribution in [0.2, 0.25) is 0 Å². The number of fused-ring (bicyclic) bond motifs is 1. The van der Waals surface area contributed by atoms with E-state index in [1.165, 1.54) is 6.08 Å². The molecule has 1 fully saturated rings. The Morgan fingerprint density at radius 2 is 2.31 bits per heavy atom. The van der Waals surface area contributed by atoms with Gasteiger partial charge in [0.25, 0.3) is 0 Å². The van der Waals surface area contributed by atoms with Gasteiger partial charge in [-0.05, 0) is 24.8 Å². The summed E-state index contributed by atoms with van der Waals surface area (Å²) in [6.45, 7) is 0.353. The van der Waals surface area contributed by atoms with E-state index in [4.69, 9.17) is 14.6 Å². The average molecular weight is 222 g/mol. The maximum absolute atomic E-state index is 10.2. The van der Waals surface area contributed by atoms with Crippen LogP contribution in [0.25, 0.3) is 0 Å². The highest BCUT2D eigenvalue weighted by molar-refractivity contribution is 5.80. The highest BCUT2D eigenvalue weighted by Crippen LogP contribution is 2.30. The van der Waals surface area contributed by atoms with Gasteiger partial charge in [0.1, 0.15) is 11.9 Å². The number of hydrogen-bond donors (Lipinski definition) is 1. The van der Waals surface area contributed by atoms with Crippen LogP contribution in [-0.2, 0) is 14.3 Å². The van der Waals surface area contributed by atoms with Crippen molar-refractivity contribution in [2.45, 2.75) is 18.9 Å². The summed E-state index contributed by atoms with van der Waals surface area (Å²) in [6.07, 6.45) is 10.5. The summed E-state index contributed by atoms with van der Waals surface area (Å²) in [5.41, 5.74) is 0. The van der Waals surface area contributed by atoms with Gasteiger partial charge in [0.2, 0.25) is 0 Å². The van der Waals surface area contributed by atoms with Crippen molar-refractivity contribution in [2.75, 3.05) is 6.79 Å². The van der Waals surface area contributed by atoms with E-state index >= 15 is 0 Å². The van der Waals surface area contributed by atoms with Crippen LogP contribution in [0.4, 0.5) is 0 Å². The molecule has 1 aliphatic heterocycles. The number of aliphatic carboxylic acids is 1. The van der Waals surface area contributed by atoms with E-state index in [9.17, 15) is 4.79 Å². The molecule has 1 aliphatic carbocycles. The van der Waals surface area contributed by atoms with Crippen LogP contribution in [-0.4, -0.2) is 24.0 Å². The fourth-order valence-electron chi connectivity index (χ4n) is 1.87. The van der Waals surface area contributed by atoms with Gasteiger partial charge in [-0.1, -0.05) is 18.2 Å². The number of carboxylic acid groups (broad SMARTS) is 1. The highest BCUT2D eigenvalue weighted by atomic mass is 16.7. The molecular formula is C12H14O4. The second-order valence-corrected chi connectivity index (χ2v) is 3.81. The molecular weight excluding hydrogens is 208 g/mol. The van der Waals surface area contributed by atoms with Crippen molar-refractivity contribution in [3.8, 4) is 0 Å². The summed E-state index contributed by atoms with van der Waals surface area (Å²) < 4.78 is 10.7. The maximum atomic E-state index is 10.2. The van der Waals surface area contributed by atoms with Gasteiger partial charge in [0.15, 0.2) is 6.79 Å². The van der Waals surface area contributed by atoms with Gasteiger partial charge in [0, 0.05) is 6.08 Å². The first kappa shape index (κ1) is 11.0. The Kier molecular flexibility index (Phi) is 3.41. The lowest BCUT2D eigenvalue weighted by atomic mass is 9.92. The zero-order valence-electron chi connectivity index (χ0n) is 8.83. The lowest BCUT2D eigenvalue weighted by Gasteiger charge is -2.18. The van der Waals surface area contributed by atoms with E-state index in [1.54, 1.807) is 6.08 Å². The Balaban J connectivity index is 1.91. The molecule has 1 heterocycles. The molecule has 0 amide bonds. The number of rotatable bonds is 3. The van der Waals surface area contributed by atoms with Crippen molar-refractivity contribution in [2.24, 2.45) is 5.92 Å². The van der Waals surface area contributed by atoms with Gasteiger partial charge in [-0.15, -0.1) is 0 Å². The molecule has 86 valence electrons. The van der Waals surface area contributed by atoms with Crippen LogP contribution in [0.15, 0.2) is 36.1 Å².